The van der Waals surface area contributed by atoms with Crippen LogP contribution >= 0.6 is 0 Å². The standard InChI is InChI=1S/C24H33NO2/c1-25(2)15-16-27-23-14-11-21(17-19-9-12-22(26)13-10-19)24(18-23)20-7-5-3-4-6-8-20/h9-14,26H,3-8,15-18H2,1-2H3. The minimum Gasteiger partial charge on any atom is -0.508 e. The molecule has 0 radical (unpaired) electrons. The Morgan fingerprint density at radius 3 is 2.33 bits per heavy atom. The first kappa shape index (κ1) is 19.8. The minimum absolute atomic E-state index is 0.329. The van der Waals surface area contributed by atoms with Crippen LogP contribution in [0.4, 0.5) is 0 Å². The summed E-state index contributed by atoms with van der Waals surface area (Å²) in [5.74, 6) is 1.42. The smallest absolute Gasteiger partial charge is 0.115 e. The van der Waals surface area contributed by atoms with Crippen LogP contribution in [0.3, 0.4) is 0 Å². The molecule has 1 saturated carbocycles. The molecule has 0 heterocycles. The van der Waals surface area contributed by atoms with Crippen molar-refractivity contribution in [1.29, 1.82) is 0 Å². The number of hydrogen-bond acceptors (Lipinski definition) is 3. The van der Waals surface area contributed by atoms with Crippen molar-refractivity contribution in [3.05, 3.63) is 64.5 Å². The van der Waals surface area contributed by atoms with Crippen molar-refractivity contribution in [2.45, 2.75) is 51.4 Å². The van der Waals surface area contributed by atoms with E-state index in [0.29, 0.717) is 5.75 Å². The number of phenolic OH excluding ortho intramolecular Hbond substituents is 1. The molecule has 3 rings (SSSR count). The summed E-state index contributed by atoms with van der Waals surface area (Å²) >= 11 is 0. The molecule has 27 heavy (non-hydrogen) atoms. The summed E-state index contributed by atoms with van der Waals surface area (Å²) in [6, 6.07) is 7.61. The van der Waals surface area contributed by atoms with Crippen LogP contribution in [0.5, 0.6) is 5.75 Å². The molecule has 0 atom stereocenters. The number of rotatable bonds is 6. The largest absolute Gasteiger partial charge is 0.508 e. The van der Waals surface area contributed by atoms with Gasteiger partial charge in [-0.05, 0) is 81.1 Å². The molecule has 146 valence electrons. The molecule has 3 nitrogen and oxygen atoms in total. The maximum atomic E-state index is 9.55. The quantitative estimate of drug-likeness (QED) is 0.685. The molecule has 1 aromatic rings. The monoisotopic (exact) mass is 367 g/mol. The average molecular weight is 368 g/mol. The van der Waals surface area contributed by atoms with E-state index in [0.717, 1.165) is 31.8 Å². The Hall–Kier alpha value is -2.00. The van der Waals surface area contributed by atoms with Crippen LogP contribution in [0.15, 0.2) is 58.9 Å². The minimum atomic E-state index is 0.329. The predicted molar refractivity (Wildman–Crippen MR) is 112 cm³/mol. The van der Waals surface area contributed by atoms with Crippen LogP contribution in [-0.2, 0) is 11.2 Å². The fourth-order valence-electron chi connectivity index (χ4n) is 3.91. The Morgan fingerprint density at radius 2 is 1.67 bits per heavy atom. The van der Waals surface area contributed by atoms with Gasteiger partial charge in [-0.3, -0.25) is 0 Å². The Labute approximate surface area is 164 Å². The molecule has 1 aromatic carbocycles. The number of aromatic hydroxyl groups is 1. The summed E-state index contributed by atoms with van der Waals surface area (Å²) in [7, 11) is 4.15. The van der Waals surface area contributed by atoms with E-state index < -0.39 is 0 Å². The van der Waals surface area contributed by atoms with Gasteiger partial charge in [-0.25, -0.2) is 0 Å². The van der Waals surface area contributed by atoms with Crippen LogP contribution < -0.4 is 0 Å². The molecule has 0 unspecified atom stereocenters. The third-order valence-corrected chi connectivity index (χ3v) is 5.50. The van der Waals surface area contributed by atoms with Crippen LogP contribution in [0.25, 0.3) is 0 Å². The predicted octanol–water partition coefficient (Wildman–Crippen LogP) is 5.38. The Kier molecular flexibility index (Phi) is 7.17. The molecule has 0 amide bonds. The zero-order chi connectivity index (χ0) is 19.1. The molecule has 2 aliphatic carbocycles. The van der Waals surface area contributed by atoms with Crippen molar-refractivity contribution in [3.63, 3.8) is 0 Å². The third kappa shape index (κ3) is 6.00. The lowest BCUT2D eigenvalue weighted by molar-refractivity contribution is 0.178. The van der Waals surface area contributed by atoms with E-state index in [-0.39, 0.29) is 0 Å². The van der Waals surface area contributed by atoms with Crippen molar-refractivity contribution in [2.24, 2.45) is 0 Å². The fourth-order valence-corrected chi connectivity index (χ4v) is 3.91. The van der Waals surface area contributed by atoms with Gasteiger partial charge in [0, 0.05) is 13.0 Å². The highest BCUT2D eigenvalue weighted by molar-refractivity contribution is 5.47. The van der Waals surface area contributed by atoms with Gasteiger partial charge in [-0.15, -0.1) is 0 Å². The Bertz CT molecular complexity index is 700. The number of nitrogens with zero attached hydrogens (tertiary/aromatic N) is 1. The molecule has 1 fully saturated rings. The second kappa shape index (κ2) is 9.80. The van der Waals surface area contributed by atoms with E-state index >= 15 is 0 Å². The van der Waals surface area contributed by atoms with Crippen LogP contribution in [0.2, 0.25) is 0 Å². The zero-order valence-corrected chi connectivity index (χ0v) is 16.8. The lowest BCUT2D eigenvalue weighted by Crippen LogP contribution is -2.18. The highest BCUT2D eigenvalue weighted by Gasteiger charge is 2.19. The highest BCUT2D eigenvalue weighted by atomic mass is 16.5. The second-order valence-electron chi connectivity index (χ2n) is 7.99. The van der Waals surface area contributed by atoms with Gasteiger partial charge < -0.3 is 14.7 Å². The van der Waals surface area contributed by atoms with Gasteiger partial charge in [-0.2, -0.15) is 0 Å². The summed E-state index contributed by atoms with van der Waals surface area (Å²) in [5, 5.41) is 9.55. The molecule has 1 N–H and O–H groups in total. The van der Waals surface area contributed by atoms with Crippen molar-refractivity contribution in [2.75, 3.05) is 27.2 Å². The SMILES string of the molecule is CN(C)CCOC1=CC=C(Cc2ccc(O)cc2)C(=C2CCCCCC2)C1. The molecule has 0 aliphatic heterocycles. The van der Waals surface area contributed by atoms with E-state index in [1.54, 1.807) is 17.7 Å². The van der Waals surface area contributed by atoms with E-state index in [1.165, 1.54) is 55.2 Å². The lowest BCUT2D eigenvalue weighted by Gasteiger charge is -2.23. The zero-order valence-electron chi connectivity index (χ0n) is 16.8. The summed E-state index contributed by atoms with van der Waals surface area (Å²) < 4.78 is 6.07. The first-order valence-electron chi connectivity index (χ1n) is 10.3. The van der Waals surface area contributed by atoms with Crippen molar-refractivity contribution in [1.82, 2.24) is 4.90 Å². The molecule has 2 aliphatic rings. The number of likely N-dealkylation sites (N-methyl/N-ethyl adjacent to an activating group) is 1. The normalized spacial score (nSPS) is 18.2. The number of allylic oxidation sites excluding steroid dienone is 5. The Balaban J connectivity index is 1.80. The molecule has 0 spiro atoms. The summed E-state index contributed by atoms with van der Waals surface area (Å²) in [6.07, 6.45) is 14.1. The summed E-state index contributed by atoms with van der Waals surface area (Å²) in [5.41, 5.74) is 5.81. The van der Waals surface area contributed by atoms with Gasteiger partial charge in [-0.1, -0.05) is 36.6 Å². The molecular formula is C24H33NO2. The number of benzene rings is 1. The molecule has 0 saturated heterocycles. The maximum Gasteiger partial charge on any atom is 0.115 e. The van der Waals surface area contributed by atoms with Crippen LogP contribution in [-0.4, -0.2) is 37.3 Å². The molecule has 3 heteroatoms. The molecule has 0 aromatic heterocycles. The van der Waals surface area contributed by atoms with E-state index in [9.17, 15) is 5.11 Å². The lowest BCUT2D eigenvalue weighted by atomic mass is 9.86. The van der Waals surface area contributed by atoms with Gasteiger partial charge in [0.1, 0.15) is 18.1 Å². The first-order chi connectivity index (χ1) is 13.1. The molecule has 0 bridgehead atoms. The topological polar surface area (TPSA) is 32.7 Å². The Morgan fingerprint density at radius 1 is 0.963 bits per heavy atom. The van der Waals surface area contributed by atoms with Crippen molar-refractivity contribution >= 4 is 0 Å². The highest BCUT2D eigenvalue weighted by Crippen LogP contribution is 2.35. The third-order valence-electron chi connectivity index (χ3n) is 5.50. The fraction of sp³-hybridized carbons (Fsp3) is 0.500. The van der Waals surface area contributed by atoms with E-state index in [4.69, 9.17) is 4.74 Å². The van der Waals surface area contributed by atoms with Crippen molar-refractivity contribution < 1.29 is 9.84 Å². The van der Waals surface area contributed by atoms with Crippen LogP contribution in [0.1, 0.15) is 50.5 Å². The number of phenols is 1. The van der Waals surface area contributed by atoms with Crippen molar-refractivity contribution in [3.8, 4) is 5.75 Å². The number of hydrogen-bond donors (Lipinski definition) is 1. The second-order valence-corrected chi connectivity index (χ2v) is 7.99. The van der Waals surface area contributed by atoms with Gasteiger partial charge in [0.2, 0.25) is 0 Å². The van der Waals surface area contributed by atoms with Crippen LogP contribution in [0, 0.1) is 0 Å². The first-order valence-corrected chi connectivity index (χ1v) is 10.3. The maximum absolute atomic E-state index is 9.55. The summed E-state index contributed by atoms with van der Waals surface area (Å²) in [4.78, 5) is 2.15. The van der Waals surface area contributed by atoms with Gasteiger partial charge >= 0.3 is 0 Å². The van der Waals surface area contributed by atoms with Gasteiger partial charge in [0.15, 0.2) is 0 Å². The number of ether oxygens (including phenoxy) is 1. The molecular weight excluding hydrogens is 334 g/mol. The van der Waals surface area contributed by atoms with Gasteiger partial charge in [0.25, 0.3) is 0 Å². The summed E-state index contributed by atoms with van der Waals surface area (Å²) in [6.45, 7) is 1.68. The van der Waals surface area contributed by atoms with E-state index in [1.807, 2.05) is 12.1 Å². The average Bonchev–Trinajstić information content (AvgIpc) is 2.94. The van der Waals surface area contributed by atoms with E-state index in [2.05, 4.69) is 31.1 Å². The van der Waals surface area contributed by atoms with Gasteiger partial charge in [0.05, 0.1) is 0 Å².